The minimum atomic E-state index is -4.17. The number of aliphatic imine (C=N–C) groups is 1. The smallest absolute Gasteiger partial charge is 0.297 e. The normalized spacial score (nSPS) is 11.4. The summed E-state index contributed by atoms with van der Waals surface area (Å²) < 4.78 is 60.1. The molecule has 0 bridgehead atoms. The molecule has 6 N–H and O–H groups in total. The lowest BCUT2D eigenvalue weighted by Gasteiger charge is -2.14. The van der Waals surface area contributed by atoms with Crippen LogP contribution in [0.3, 0.4) is 0 Å². The Hall–Kier alpha value is -5.68. The van der Waals surface area contributed by atoms with Crippen LogP contribution in [0.4, 0.5) is 17.1 Å². The fraction of sp³-hybridized carbons (Fsp3) is 0.178. The number of halogens is 2. The van der Waals surface area contributed by atoms with Gasteiger partial charge in [-0.05, 0) is 153 Å². The van der Waals surface area contributed by atoms with Crippen molar-refractivity contribution in [2.75, 3.05) is 24.9 Å². The zero-order valence-electron chi connectivity index (χ0n) is 37.2. The highest BCUT2D eigenvalue weighted by Gasteiger charge is 2.20. The van der Waals surface area contributed by atoms with Gasteiger partial charge in [0, 0.05) is 11.4 Å². The van der Waals surface area contributed by atoms with E-state index in [4.69, 9.17) is 12.2 Å². The van der Waals surface area contributed by atoms with Crippen LogP contribution in [-0.4, -0.2) is 71.0 Å². The fourth-order valence-electron chi connectivity index (χ4n) is 5.10. The summed E-state index contributed by atoms with van der Waals surface area (Å²) in [5.41, 5.74) is 9.55. The first-order chi connectivity index (χ1) is 31.9. The van der Waals surface area contributed by atoms with Gasteiger partial charge in [0.25, 0.3) is 26.1 Å². The number of anilines is 2. The maximum atomic E-state index is 12.5. The molecule has 1 unspecified atom stereocenters. The average Bonchev–Trinajstić information content (AvgIpc) is 3.33. The molecule has 0 saturated heterocycles. The fourth-order valence-corrected chi connectivity index (χ4v) is 8.35. The molecule has 0 radical (unpaired) electrons. The standard InChI is InChI=1S/C20H17Br2N3O2.C19H18N4O7S4.C4H8.C2H6/c1-12(24-16-7-6-14-4-2-3-5-15(14)10-16)20(27)25-23-11-13-8-17(21)19(26)18(22)9-13;1-29-33(25,26)17-9-15(20-12-31)7-5-13(17)3-4-14-6-8-16(22-19(32)23-21-11-24)10-18(14)34(27,28)30-2;1-3-4-2;1-2/h2-12,24,26H,1H3,(H,25,27);3-11H,1-2H3,(H,21,24)(H2,22,23,32);3-4H,1-2H3;1-2H3/b23-11+;4-3+;4-3-;. The number of thiocarbonyl (C=S) groups is 2. The summed E-state index contributed by atoms with van der Waals surface area (Å²) in [7, 11) is -6.28. The van der Waals surface area contributed by atoms with Crippen molar-refractivity contribution >= 4 is 145 Å². The molecule has 1 atom stereocenters. The number of isothiocyanates is 1. The second kappa shape index (κ2) is 29.2. The largest absolute Gasteiger partial charge is 0.506 e. The van der Waals surface area contributed by atoms with E-state index in [9.17, 15) is 31.5 Å². The molecule has 5 rings (SSSR count). The third kappa shape index (κ3) is 18.5. The predicted octanol–water partition coefficient (Wildman–Crippen LogP) is 9.84. The first kappa shape index (κ1) is 57.4. The highest BCUT2D eigenvalue weighted by Crippen LogP contribution is 2.33. The number of nitrogens with zero attached hydrogens (tertiary/aromatic N) is 2. The van der Waals surface area contributed by atoms with Gasteiger partial charge in [-0.1, -0.05) is 80.6 Å². The summed E-state index contributed by atoms with van der Waals surface area (Å²) in [6.07, 6.45) is 8.67. The van der Waals surface area contributed by atoms with Gasteiger partial charge in [-0.15, -0.1) is 0 Å². The Kier molecular flexibility index (Phi) is 25.0. The van der Waals surface area contributed by atoms with E-state index in [1.54, 1.807) is 19.1 Å². The van der Waals surface area contributed by atoms with Crippen molar-refractivity contribution in [1.82, 2.24) is 16.3 Å². The van der Waals surface area contributed by atoms with Gasteiger partial charge < -0.3 is 15.7 Å². The molecular weight excluding hydrogens is 1070 g/mol. The summed E-state index contributed by atoms with van der Waals surface area (Å²) in [4.78, 5) is 25.9. The number of phenols is 1. The van der Waals surface area contributed by atoms with Crippen LogP contribution in [0.5, 0.6) is 5.75 Å². The van der Waals surface area contributed by atoms with Crippen molar-refractivity contribution in [2.45, 2.75) is 50.5 Å². The zero-order chi connectivity index (χ0) is 50.2. The number of hydrogen-bond acceptors (Lipinski definition) is 14. The average molecular weight is 1120 g/mol. The molecular formula is C45H49Br2N7O9S4. The Labute approximate surface area is 418 Å². The molecule has 356 valence electrons. The summed E-state index contributed by atoms with van der Waals surface area (Å²) in [6, 6.07) is 25.4. The van der Waals surface area contributed by atoms with Gasteiger partial charge in [0.2, 0.25) is 6.41 Å². The number of hydrogen-bond donors (Lipinski definition) is 6. The van der Waals surface area contributed by atoms with Crippen molar-refractivity contribution in [3.8, 4) is 5.75 Å². The van der Waals surface area contributed by atoms with Gasteiger partial charge >= 0.3 is 0 Å². The van der Waals surface area contributed by atoms with E-state index in [2.05, 4.69) is 94.6 Å². The Bertz CT molecular complexity index is 2850. The number of hydrazone groups is 1. The quantitative estimate of drug-likeness (QED) is 0.0109. The van der Waals surface area contributed by atoms with E-state index >= 15 is 0 Å². The Morgan fingerprint density at radius 1 is 0.806 bits per heavy atom. The number of aromatic hydroxyl groups is 1. The van der Waals surface area contributed by atoms with Gasteiger partial charge in [0.15, 0.2) is 5.11 Å². The second-order valence-electron chi connectivity index (χ2n) is 12.8. The number of amides is 2. The molecule has 2 amide bonds. The molecule has 67 heavy (non-hydrogen) atoms. The third-order valence-corrected chi connectivity index (χ3v) is 12.6. The van der Waals surface area contributed by atoms with Crippen molar-refractivity contribution in [3.63, 3.8) is 0 Å². The van der Waals surface area contributed by atoms with Gasteiger partial charge in [-0.25, -0.2) is 5.43 Å². The Balaban J connectivity index is 0.000000419. The third-order valence-electron chi connectivity index (χ3n) is 8.39. The van der Waals surface area contributed by atoms with Crippen LogP contribution in [0.15, 0.2) is 132 Å². The van der Waals surface area contributed by atoms with Crippen molar-refractivity contribution < 1.29 is 39.9 Å². The van der Waals surface area contributed by atoms with E-state index < -0.39 is 26.3 Å². The number of carbonyl (C=O) groups excluding carboxylic acids is 2. The van der Waals surface area contributed by atoms with E-state index in [1.165, 1.54) is 54.8 Å². The number of hydrazine groups is 1. The molecule has 0 saturated carbocycles. The van der Waals surface area contributed by atoms with Crippen molar-refractivity contribution in [3.05, 3.63) is 129 Å². The van der Waals surface area contributed by atoms with Gasteiger partial charge in [-0.3, -0.25) is 28.8 Å². The SMILES string of the molecule is C/C=C\C.CC.CC(Nc1ccc2ccccc2c1)C(=O)N/N=C/c1cc(Br)c(O)c(Br)c1.COS(=O)(=O)c1cc(N=C=S)ccc1/C=C/c1ccc(NC(=S)NNC=O)cc1S(=O)(=O)OC. The molecule has 22 heteroatoms. The molecule has 5 aromatic carbocycles. The lowest BCUT2D eigenvalue weighted by Crippen LogP contribution is -2.39. The summed E-state index contributed by atoms with van der Waals surface area (Å²) in [5.74, 6) is -0.138. The first-order valence-corrected chi connectivity index (χ1v) is 24.9. The van der Waals surface area contributed by atoms with Crippen LogP contribution < -0.4 is 26.9 Å². The van der Waals surface area contributed by atoms with Crippen LogP contribution in [0.1, 0.15) is 51.3 Å². The lowest BCUT2D eigenvalue weighted by molar-refractivity contribution is -0.121. The number of benzene rings is 5. The maximum Gasteiger partial charge on any atom is 0.297 e. The van der Waals surface area contributed by atoms with E-state index in [-0.39, 0.29) is 49.1 Å². The minimum Gasteiger partial charge on any atom is -0.506 e. The van der Waals surface area contributed by atoms with Gasteiger partial charge in [0.05, 0.1) is 40.2 Å². The first-order valence-electron chi connectivity index (χ1n) is 19.7. The molecule has 0 aliphatic rings. The summed E-state index contributed by atoms with van der Waals surface area (Å²) >= 11 is 16.0. The topological polar surface area (TPSA) is 226 Å². The van der Waals surface area contributed by atoms with Crippen LogP contribution in [0.25, 0.3) is 22.9 Å². The number of allylic oxidation sites excluding steroid dienone is 2. The molecule has 0 spiro atoms. The summed E-state index contributed by atoms with van der Waals surface area (Å²) in [5, 5.41) is 24.0. The zero-order valence-corrected chi connectivity index (χ0v) is 43.6. The molecule has 16 nitrogen and oxygen atoms in total. The minimum absolute atomic E-state index is 0.00430. The predicted molar refractivity (Wildman–Crippen MR) is 282 cm³/mol. The van der Waals surface area contributed by atoms with Gasteiger partial charge in [0.1, 0.15) is 21.6 Å². The maximum absolute atomic E-state index is 12.5. The Morgan fingerprint density at radius 3 is 1.91 bits per heavy atom. The molecule has 0 aliphatic carbocycles. The molecule has 0 heterocycles. The summed E-state index contributed by atoms with van der Waals surface area (Å²) in [6.45, 7) is 9.77. The molecule has 0 aromatic heterocycles. The van der Waals surface area contributed by atoms with Crippen LogP contribution in [0, 0.1) is 0 Å². The molecule has 5 aromatic rings. The number of nitrogens with one attached hydrogen (secondary N) is 5. The van der Waals surface area contributed by atoms with E-state index in [1.807, 2.05) is 82.3 Å². The number of rotatable bonds is 15. The monoisotopic (exact) mass is 1120 g/mol. The number of fused-ring (bicyclic) bond motifs is 1. The number of carbonyl (C=O) groups is 2. The lowest BCUT2D eigenvalue weighted by atomic mass is 10.1. The van der Waals surface area contributed by atoms with E-state index in [0.29, 0.717) is 15.4 Å². The van der Waals surface area contributed by atoms with Gasteiger partial charge in [-0.2, -0.15) is 26.9 Å². The highest BCUT2D eigenvalue weighted by atomic mass is 79.9. The second-order valence-corrected chi connectivity index (χ2v) is 18.4. The van der Waals surface area contributed by atoms with Crippen molar-refractivity contribution in [2.24, 2.45) is 10.1 Å². The number of phenolic OH excluding ortho intramolecular Hbond substituents is 1. The Morgan fingerprint density at radius 2 is 1.36 bits per heavy atom. The molecule has 0 aliphatic heterocycles. The highest BCUT2D eigenvalue weighted by molar-refractivity contribution is 9.11. The van der Waals surface area contributed by atoms with E-state index in [0.717, 1.165) is 36.2 Å². The van der Waals surface area contributed by atoms with Crippen LogP contribution >= 0.6 is 56.3 Å². The molecule has 0 fully saturated rings. The van der Waals surface area contributed by atoms with Crippen LogP contribution in [0.2, 0.25) is 0 Å². The van der Waals surface area contributed by atoms with Crippen LogP contribution in [-0.2, 0) is 38.2 Å². The van der Waals surface area contributed by atoms with Crippen molar-refractivity contribution in [1.29, 1.82) is 0 Å².